The van der Waals surface area contributed by atoms with Crippen LogP contribution in [0, 0.1) is 0 Å². The van der Waals surface area contributed by atoms with Gasteiger partial charge in [0.25, 0.3) is 0 Å². The molecule has 0 amide bonds. The van der Waals surface area contributed by atoms with E-state index in [-0.39, 0.29) is 45.3 Å². The van der Waals surface area contributed by atoms with E-state index < -0.39 is 15.0 Å². The summed E-state index contributed by atoms with van der Waals surface area (Å²) in [5, 5.41) is 7.78. The van der Waals surface area contributed by atoms with Crippen LogP contribution in [-0.2, 0) is 10.1 Å². The van der Waals surface area contributed by atoms with Crippen molar-refractivity contribution in [3.05, 3.63) is 34.3 Å². The first-order valence-corrected chi connectivity index (χ1v) is 10.7. The molecule has 0 saturated carbocycles. The molecule has 0 spiro atoms. The van der Waals surface area contributed by atoms with Gasteiger partial charge in [-0.05, 0) is 26.0 Å². The fourth-order valence-corrected chi connectivity index (χ4v) is 3.92. The first-order valence-electron chi connectivity index (χ1n) is 8.53. The van der Waals surface area contributed by atoms with Gasteiger partial charge in [0, 0.05) is 25.2 Å². The molecule has 0 bridgehead atoms. The van der Waals surface area contributed by atoms with Gasteiger partial charge in [-0.3, -0.25) is 0 Å². The molecule has 2 aromatic carbocycles. The van der Waals surface area contributed by atoms with E-state index in [0.717, 1.165) is 30.9 Å². The van der Waals surface area contributed by atoms with E-state index in [1.807, 2.05) is 13.8 Å². The van der Waals surface area contributed by atoms with Crippen molar-refractivity contribution in [1.29, 1.82) is 0 Å². The quantitative estimate of drug-likeness (QED) is 0.323. The van der Waals surface area contributed by atoms with Crippen molar-refractivity contribution in [2.24, 2.45) is 10.2 Å². The first kappa shape index (κ1) is 27.0. The summed E-state index contributed by atoms with van der Waals surface area (Å²) in [6, 6.07) is 5.57. The molecule has 0 unspecified atom stereocenters. The minimum absolute atomic E-state index is 0. The van der Waals surface area contributed by atoms with Crippen LogP contribution in [0.15, 0.2) is 39.4 Å². The Morgan fingerprint density at radius 3 is 2.00 bits per heavy atom. The van der Waals surface area contributed by atoms with E-state index >= 15 is 0 Å². The van der Waals surface area contributed by atoms with Gasteiger partial charge in [-0.1, -0.05) is 23.2 Å². The molecular formula is C18H20Cl2N3NaO5S. The van der Waals surface area contributed by atoms with Gasteiger partial charge < -0.3 is 18.9 Å². The van der Waals surface area contributed by atoms with E-state index in [2.05, 4.69) is 15.1 Å². The molecule has 8 nitrogen and oxygen atoms in total. The van der Waals surface area contributed by atoms with Gasteiger partial charge in [-0.15, -0.1) is 10.2 Å². The molecule has 12 heteroatoms. The summed E-state index contributed by atoms with van der Waals surface area (Å²) in [5.41, 5.74) is 1.31. The minimum Gasteiger partial charge on any atom is -0.744 e. The monoisotopic (exact) mass is 483 g/mol. The Hall–Kier alpha value is -1.07. The predicted molar refractivity (Wildman–Crippen MR) is 112 cm³/mol. The van der Waals surface area contributed by atoms with Crippen LogP contribution in [-0.4, -0.2) is 40.3 Å². The van der Waals surface area contributed by atoms with Crippen molar-refractivity contribution in [3.8, 4) is 11.5 Å². The molecule has 2 rings (SSSR count). The number of nitrogens with zero attached hydrogens (tertiary/aromatic N) is 3. The SMILES string of the molecule is CCN(CC)c1cc(OC)c(N=Nc2cc(Cl)c(S(=O)(=O)[O-])cc2Cl)cc1OC.[Na+]. The van der Waals surface area contributed by atoms with E-state index in [9.17, 15) is 13.0 Å². The smallest absolute Gasteiger partial charge is 0.744 e. The topological polar surface area (TPSA) is 104 Å². The second kappa shape index (κ2) is 11.5. The number of anilines is 1. The van der Waals surface area contributed by atoms with Crippen LogP contribution in [0.4, 0.5) is 17.1 Å². The zero-order valence-corrected chi connectivity index (χ0v) is 21.6. The molecule has 0 fully saturated rings. The molecule has 0 aromatic heterocycles. The molecule has 158 valence electrons. The molecule has 0 heterocycles. The van der Waals surface area contributed by atoms with Gasteiger partial charge in [-0.25, -0.2) is 8.42 Å². The number of hydrogen-bond acceptors (Lipinski definition) is 8. The Labute approximate surface area is 208 Å². The Balaban J connectivity index is 0.00000450. The third kappa shape index (κ3) is 6.23. The molecule has 0 aliphatic heterocycles. The number of rotatable bonds is 8. The van der Waals surface area contributed by atoms with Crippen LogP contribution in [0.1, 0.15) is 13.8 Å². The van der Waals surface area contributed by atoms with E-state index in [1.54, 1.807) is 19.2 Å². The van der Waals surface area contributed by atoms with Crippen molar-refractivity contribution in [2.45, 2.75) is 18.7 Å². The standard InChI is InChI=1S/C18H21Cl2N3O5S.Na/c1-5-23(6-2)15-10-16(27-3)14(9-17(15)28-4)22-21-13-7-12(20)18(8-11(13)19)29(24,25)26;/h7-10H,5-6H2,1-4H3,(H,24,25,26);/q;+1/p-1. The van der Waals surface area contributed by atoms with Crippen molar-refractivity contribution >= 4 is 50.4 Å². The summed E-state index contributed by atoms with van der Waals surface area (Å²) in [5.74, 6) is 1.04. The second-order valence-corrected chi connectivity index (χ2v) is 7.92. The maximum atomic E-state index is 11.2. The van der Waals surface area contributed by atoms with Gasteiger partial charge in [0.1, 0.15) is 33.0 Å². The largest absolute Gasteiger partial charge is 1.00 e. The summed E-state index contributed by atoms with van der Waals surface area (Å²) in [6.45, 7) is 5.61. The number of halogens is 2. The molecule has 0 aliphatic rings. The first-order chi connectivity index (χ1) is 13.7. The molecule has 0 radical (unpaired) electrons. The van der Waals surface area contributed by atoms with E-state index in [1.165, 1.54) is 7.11 Å². The number of hydrogen-bond donors (Lipinski definition) is 0. The fourth-order valence-electron chi connectivity index (χ4n) is 2.65. The van der Waals surface area contributed by atoms with Crippen LogP contribution in [0.2, 0.25) is 10.0 Å². The molecule has 0 N–H and O–H groups in total. The van der Waals surface area contributed by atoms with Crippen molar-refractivity contribution in [1.82, 2.24) is 0 Å². The van der Waals surface area contributed by atoms with Crippen molar-refractivity contribution in [3.63, 3.8) is 0 Å². The molecule has 0 saturated heterocycles. The third-order valence-corrected chi connectivity index (χ3v) is 5.72. The maximum absolute atomic E-state index is 11.2. The van der Waals surface area contributed by atoms with E-state index in [4.69, 9.17) is 32.7 Å². The molecule has 0 aliphatic carbocycles. The molecular weight excluding hydrogens is 464 g/mol. The number of ether oxygens (including phenoxy) is 2. The molecule has 0 atom stereocenters. The summed E-state index contributed by atoms with van der Waals surface area (Å²) >= 11 is 11.9. The number of benzene rings is 2. The average Bonchev–Trinajstić information content (AvgIpc) is 2.68. The fraction of sp³-hybridized carbons (Fsp3) is 0.333. The van der Waals surface area contributed by atoms with Crippen LogP contribution in [0.3, 0.4) is 0 Å². The van der Waals surface area contributed by atoms with Crippen molar-refractivity contribution in [2.75, 3.05) is 32.2 Å². The van der Waals surface area contributed by atoms with Crippen molar-refractivity contribution < 1.29 is 52.0 Å². The van der Waals surface area contributed by atoms with Gasteiger partial charge in [-0.2, -0.15) is 0 Å². The number of methoxy groups -OCH3 is 2. The Morgan fingerprint density at radius 1 is 0.933 bits per heavy atom. The van der Waals surface area contributed by atoms with Crippen LogP contribution in [0.25, 0.3) is 0 Å². The summed E-state index contributed by atoms with van der Waals surface area (Å²) in [7, 11) is -1.70. The number of azo groups is 1. The van der Waals surface area contributed by atoms with Crippen LogP contribution >= 0.6 is 23.2 Å². The zero-order chi connectivity index (χ0) is 21.8. The Bertz CT molecular complexity index is 1030. The normalized spacial score (nSPS) is 11.3. The van der Waals surface area contributed by atoms with Gasteiger partial charge >= 0.3 is 29.6 Å². The van der Waals surface area contributed by atoms with E-state index in [0.29, 0.717) is 17.2 Å². The Morgan fingerprint density at radius 2 is 1.50 bits per heavy atom. The average molecular weight is 484 g/mol. The summed E-state index contributed by atoms with van der Waals surface area (Å²) < 4.78 is 44.5. The van der Waals surface area contributed by atoms with Crippen LogP contribution < -0.4 is 43.9 Å². The Kier molecular flexibility index (Phi) is 10.4. The van der Waals surface area contributed by atoms with Gasteiger partial charge in [0.05, 0.1) is 34.8 Å². The summed E-state index contributed by atoms with van der Waals surface area (Å²) in [4.78, 5) is 1.48. The van der Waals surface area contributed by atoms with Gasteiger partial charge in [0.2, 0.25) is 0 Å². The van der Waals surface area contributed by atoms with Gasteiger partial charge in [0.15, 0.2) is 0 Å². The molecule has 2 aromatic rings. The van der Waals surface area contributed by atoms with Crippen LogP contribution in [0.5, 0.6) is 11.5 Å². The molecule has 30 heavy (non-hydrogen) atoms. The minimum atomic E-state index is -4.76. The predicted octanol–water partition coefficient (Wildman–Crippen LogP) is 2.18. The second-order valence-electron chi connectivity index (χ2n) is 5.76. The maximum Gasteiger partial charge on any atom is 1.00 e. The third-order valence-electron chi connectivity index (χ3n) is 4.12. The zero-order valence-electron chi connectivity index (χ0n) is 17.3. The summed E-state index contributed by atoms with van der Waals surface area (Å²) in [6.07, 6.45) is 0.